The fourth-order valence-electron chi connectivity index (χ4n) is 2.85. The Bertz CT molecular complexity index is 533. The van der Waals surface area contributed by atoms with Gasteiger partial charge in [-0.15, -0.1) is 0 Å². The van der Waals surface area contributed by atoms with E-state index in [0.29, 0.717) is 11.5 Å². The van der Waals surface area contributed by atoms with Gasteiger partial charge in [0.2, 0.25) is 0 Å². The van der Waals surface area contributed by atoms with Gasteiger partial charge in [-0.25, -0.2) is 4.39 Å². The summed E-state index contributed by atoms with van der Waals surface area (Å²) >= 11 is 0. The second-order valence-corrected chi connectivity index (χ2v) is 5.94. The van der Waals surface area contributed by atoms with Gasteiger partial charge in [-0.3, -0.25) is 4.90 Å². The number of hydrogen-bond acceptors (Lipinski definition) is 4. The van der Waals surface area contributed by atoms with Crippen molar-refractivity contribution in [2.24, 2.45) is 5.92 Å². The van der Waals surface area contributed by atoms with Crippen LogP contribution in [0, 0.1) is 23.1 Å². The van der Waals surface area contributed by atoms with E-state index < -0.39 is 5.82 Å². The van der Waals surface area contributed by atoms with Crippen LogP contribution in [-0.2, 0) is 0 Å². The van der Waals surface area contributed by atoms with Gasteiger partial charge in [-0.2, -0.15) is 5.26 Å². The number of piperazine rings is 1. The minimum Gasteiger partial charge on any atom is -0.505 e. The average molecular weight is 291 g/mol. The number of phenols is 1. The van der Waals surface area contributed by atoms with Crippen LogP contribution in [0.5, 0.6) is 5.75 Å². The molecule has 1 fully saturated rings. The van der Waals surface area contributed by atoms with E-state index in [2.05, 4.69) is 24.1 Å². The molecule has 5 heteroatoms. The van der Waals surface area contributed by atoms with Crippen LogP contribution in [0.1, 0.15) is 37.4 Å². The summed E-state index contributed by atoms with van der Waals surface area (Å²) in [5.74, 6) is -0.621. The average Bonchev–Trinajstić information content (AvgIpc) is 2.48. The summed E-state index contributed by atoms with van der Waals surface area (Å²) in [7, 11) is 0. The molecule has 2 N–H and O–H groups in total. The lowest BCUT2D eigenvalue weighted by molar-refractivity contribution is 0.151. The fourth-order valence-corrected chi connectivity index (χ4v) is 2.85. The van der Waals surface area contributed by atoms with Gasteiger partial charge in [0.1, 0.15) is 0 Å². The topological polar surface area (TPSA) is 59.3 Å². The Labute approximate surface area is 125 Å². The largest absolute Gasteiger partial charge is 0.505 e. The molecule has 21 heavy (non-hydrogen) atoms. The van der Waals surface area contributed by atoms with E-state index in [-0.39, 0.29) is 17.4 Å². The van der Waals surface area contributed by atoms with Crippen LogP contribution in [0.3, 0.4) is 0 Å². The summed E-state index contributed by atoms with van der Waals surface area (Å²) in [4.78, 5) is 2.26. The molecule has 1 aromatic rings. The standard InChI is InChI=1S/C16H22FN3O/c1-11(2)7-15(20-5-3-19-4-6-20)13-8-12(10-18)9-14(17)16(13)21/h8-9,11,15,19,21H,3-7H2,1-2H3/t15-/m0/s1. The van der Waals surface area contributed by atoms with Crippen molar-refractivity contribution in [1.82, 2.24) is 10.2 Å². The molecule has 1 saturated heterocycles. The van der Waals surface area contributed by atoms with Crippen LogP contribution < -0.4 is 5.32 Å². The number of rotatable bonds is 4. The summed E-state index contributed by atoms with van der Waals surface area (Å²) in [6.45, 7) is 7.70. The van der Waals surface area contributed by atoms with Gasteiger partial charge >= 0.3 is 0 Å². The molecule has 0 amide bonds. The normalized spacial score (nSPS) is 17.7. The summed E-state index contributed by atoms with van der Waals surface area (Å²) in [5.41, 5.74) is 0.784. The highest BCUT2D eigenvalue weighted by Gasteiger charge is 2.27. The molecule has 4 nitrogen and oxygen atoms in total. The van der Waals surface area contributed by atoms with Crippen molar-refractivity contribution in [2.45, 2.75) is 26.3 Å². The molecule has 0 saturated carbocycles. The lowest BCUT2D eigenvalue weighted by atomic mass is 9.93. The van der Waals surface area contributed by atoms with E-state index in [1.54, 1.807) is 6.07 Å². The number of aromatic hydroxyl groups is 1. The third kappa shape index (κ3) is 3.72. The Balaban J connectivity index is 2.40. The molecule has 1 atom stereocenters. The molecular formula is C16H22FN3O. The molecule has 0 aromatic heterocycles. The molecule has 114 valence electrons. The van der Waals surface area contributed by atoms with Crippen LogP contribution in [0.2, 0.25) is 0 Å². The molecule has 1 aliphatic heterocycles. The predicted octanol–water partition coefficient (Wildman–Crippen LogP) is 2.40. The first-order valence-corrected chi connectivity index (χ1v) is 7.40. The zero-order chi connectivity index (χ0) is 15.4. The fraction of sp³-hybridized carbons (Fsp3) is 0.562. The van der Waals surface area contributed by atoms with Crippen molar-refractivity contribution in [3.8, 4) is 11.8 Å². The molecule has 2 rings (SSSR count). The zero-order valence-corrected chi connectivity index (χ0v) is 12.6. The summed E-state index contributed by atoms with van der Waals surface area (Å²) in [5, 5.41) is 22.4. The van der Waals surface area contributed by atoms with E-state index in [1.165, 1.54) is 0 Å². The van der Waals surface area contributed by atoms with E-state index in [0.717, 1.165) is 38.7 Å². The van der Waals surface area contributed by atoms with Crippen molar-refractivity contribution in [1.29, 1.82) is 5.26 Å². The third-order valence-corrected chi connectivity index (χ3v) is 3.87. The van der Waals surface area contributed by atoms with Gasteiger partial charge in [-0.05, 0) is 24.5 Å². The van der Waals surface area contributed by atoms with Crippen LogP contribution in [0.15, 0.2) is 12.1 Å². The zero-order valence-electron chi connectivity index (χ0n) is 12.6. The second kappa shape index (κ2) is 6.88. The minimum atomic E-state index is -0.715. The smallest absolute Gasteiger partial charge is 0.166 e. The van der Waals surface area contributed by atoms with E-state index >= 15 is 0 Å². The van der Waals surface area contributed by atoms with Gasteiger partial charge in [0, 0.05) is 37.8 Å². The summed E-state index contributed by atoms with van der Waals surface area (Å²) in [6, 6.07) is 4.61. The SMILES string of the molecule is CC(C)C[C@@H](c1cc(C#N)cc(F)c1O)N1CCNCC1. The Morgan fingerprint density at radius 1 is 1.38 bits per heavy atom. The molecule has 0 radical (unpaired) electrons. The highest BCUT2D eigenvalue weighted by Crippen LogP contribution is 2.36. The molecule has 0 spiro atoms. The van der Waals surface area contributed by atoms with Gasteiger partial charge in [0.25, 0.3) is 0 Å². The molecule has 0 bridgehead atoms. The number of nitriles is 1. The maximum absolute atomic E-state index is 13.9. The number of benzene rings is 1. The third-order valence-electron chi connectivity index (χ3n) is 3.87. The lowest BCUT2D eigenvalue weighted by Gasteiger charge is -2.36. The Morgan fingerprint density at radius 3 is 2.62 bits per heavy atom. The Hall–Kier alpha value is -1.64. The number of nitrogens with zero attached hydrogens (tertiary/aromatic N) is 2. The van der Waals surface area contributed by atoms with Crippen LogP contribution in [0.25, 0.3) is 0 Å². The lowest BCUT2D eigenvalue weighted by Crippen LogP contribution is -2.45. The summed E-state index contributed by atoms with van der Waals surface area (Å²) < 4.78 is 13.9. The highest BCUT2D eigenvalue weighted by atomic mass is 19.1. The quantitative estimate of drug-likeness (QED) is 0.894. The first kappa shape index (κ1) is 15.7. The number of phenolic OH excluding ortho intramolecular Hbond substituents is 1. The van der Waals surface area contributed by atoms with Gasteiger partial charge in [-0.1, -0.05) is 13.8 Å². The second-order valence-electron chi connectivity index (χ2n) is 5.94. The molecule has 1 aliphatic rings. The highest BCUT2D eigenvalue weighted by molar-refractivity contribution is 5.44. The predicted molar refractivity (Wildman–Crippen MR) is 79.4 cm³/mol. The maximum Gasteiger partial charge on any atom is 0.166 e. The van der Waals surface area contributed by atoms with Crippen LogP contribution in [0.4, 0.5) is 4.39 Å². The number of nitrogens with one attached hydrogen (secondary N) is 1. The van der Waals surface area contributed by atoms with Gasteiger partial charge < -0.3 is 10.4 Å². The van der Waals surface area contributed by atoms with Gasteiger partial charge in [0.15, 0.2) is 11.6 Å². The summed E-state index contributed by atoms with van der Waals surface area (Å²) in [6.07, 6.45) is 0.821. The van der Waals surface area contributed by atoms with Crippen molar-refractivity contribution in [3.05, 3.63) is 29.1 Å². The van der Waals surface area contributed by atoms with Crippen LogP contribution >= 0.6 is 0 Å². The van der Waals surface area contributed by atoms with Gasteiger partial charge in [0.05, 0.1) is 11.6 Å². The van der Waals surface area contributed by atoms with E-state index in [4.69, 9.17) is 5.26 Å². The van der Waals surface area contributed by atoms with E-state index in [9.17, 15) is 9.50 Å². The molecular weight excluding hydrogens is 269 g/mol. The maximum atomic E-state index is 13.9. The van der Waals surface area contributed by atoms with Crippen molar-refractivity contribution < 1.29 is 9.50 Å². The molecule has 1 heterocycles. The minimum absolute atomic E-state index is 0.0603. The van der Waals surface area contributed by atoms with Crippen molar-refractivity contribution in [3.63, 3.8) is 0 Å². The van der Waals surface area contributed by atoms with Crippen LogP contribution in [-0.4, -0.2) is 36.2 Å². The number of halogens is 1. The van der Waals surface area contributed by atoms with E-state index in [1.807, 2.05) is 6.07 Å². The monoisotopic (exact) mass is 291 g/mol. The molecule has 0 unspecified atom stereocenters. The Morgan fingerprint density at radius 2 is 2.05 bits per heavy atom. The molecule has 0 aliphatic carbocycles. The Kier molecular flexibility index (Phi) is 5.16. The number of hydrogen-bond donors (Lipinski definition) is 2. The first-order chi connectivity index (χ1) is 10.0. The van der Waals surface area contributed by atoms with Crippen molar-refractivity contribution >= 4 is 0 Å². The van der Waals surface area contributed by atoms with Crippen molar-refractivity contribution in [2.75, 3.05) is 26.2 Å². The molecule has 1 aromatic carbocycles. The first-order valence-electron chi connectivity index (χ1n) is 7.40.